The summed E-state index contributed by atoms with van der Waals surface area (Å²) in [6.45, 7) is 9.54. The van der Waals surface area contributed by atoms with Gasteiger partial charge in [0.15, 0.2) is 0 Å². The smallest absolute Gasteiger partial charge is 0.413 e. The van der Waals surface area contributed by atoms with E-state index in [1.807, 2.05) is 46.8 Å². The van der Waals surface area contributed by atoms with Crippen molar-refractivity contribution in [1.29, 1.82) is 0 Å². The Hall–Kier alpha value is -2.77. The lowest BCUT2D eigenvalue weighted by Crippen LogP contribution is -2.47. The van der Waals surface area contributed by atoms with Gasteiger partial charge in [-0.2, -0.15) is 0 Å². The van der Waals surface area contributed by atoms with Crippen molar-refractivity contribution in [3.63, 3.8) is 0 Å². The summed E-state index contributed by atoms with van der Waals surface area (Å²) in [6, 6.07) is 13.5. The lowest BCUT2D eigenvalue weighted by Gasteiger charge is -2.35. The largest absolute Gasteiger partial charge is 0.444 e. The molecular weight excluding hydrogens is 418 g/mol. The van der Waals surface area contributed by atoms with Crippen LogP contribution in [0.1, 0.15) is 46.2 Å². The number of carbonyl (C=O) groups is 2. The maximum absolute atomic E-state index is 12.8. The fourth-order valence-electron chi connectivity index (χ4n) is 3.32. The van der Waals surface area contributed by atoms with Gasteiger partial charge in [-0.3, -0.25) is 4.90 Å². The van der Waals surface area contributed by atoms with Crippen molar-refractivity contribution in [2.45, 2.75) is 52.0 Å². The number of benzene rings is 2. The Morgan fingerprint density at radius 2 is 1.55 bits per heavy atom. The van der Waals surface area contributed by atoms with E-state index in [9.17, 15) is 9.59 Å². The van der Waals surface area contributed by atoms with Crippen LogP contribution in [0.25, 0.3) is 0 Å². The summed E-state index contributed by atoms with van der Waals surface area (Å²) in [7, 11) is 0. The first-order valence-electron chi connectivity index (χ1n) is 10.0. The molecule has 166 valence electrons. The Morgan fingerprint density at radius 1 is 1.03 bits per heavy atom. The van der Waals surface area contributed by atoms with Gasteiger partial charge in [-0.15, -0.1) is 0 Å². The highest BCUT2D eigenvalue weighted by atomic mass is 35.5. The summed E-state index contributed by atoms with van der Waals surface area (Å²) in [5, 5.41) is 6.13. The van der Waals surface area contributed by atoms with Gasteiger partial charge in [-0.1, -0.05) is 23.7 Å². The van der Waals surface area contributed by atoms with Crippen molar-refractivity contribution in [2.24, 2.45) is 0 Å². The van der Waals surface area contributed by atoms with Crippen LogP contribution in [0.3, 0.4) is 0 Å². The summed E-state index contributed by atoms with van der Waals surface area (Å²) in [6.07, 6.45) is -0.426. The molecule has 1 aliphatic rings. The van der Waals surface area contributed by atoms with E-state index in [0.717, 1.165) is 5.56 Å². The average Bonchev–Trinajstić information content (AvgIpc) is 2.98. The second-order valence-electron chi connectivity index (χ2n) is 8.83. The normalized spacial score (nSPS) is 17.9. The molecule has 3 rings (SSSR count). The third-order valence-corrected chi connectivity index (χ3v) is 4.98. The molecule has 2 aromatic rings. The van der Waals surface area contributed by atoms with Crippen molar-refractivity contribution in [2.75, 3.05) is 17.2 Å². The standard InChI is InChI=1S/C23H28ClN3O4/c1-22(2,3)31-21(29)27-19(14-30-23(27,4)5)15-6-10-17(11-7-15)25-20(28)26-18-12-8-16(24)9-13-18/h6-13,19H,14H2,1-5H3,(H2,25,26,28)/t19-/m1/s1. The molecule has 31 heavy (non-hydrogen) atoms. The number of amides is 3. The first-order valence-corrected chi connectivity index (χ1v) is 10.4. The summed E-state index contributed by atoms with van der Waals surface area (Å²) >= 11 is 5.86. The van der Waals surface area contributed by atoms with Crippen molar-refractivity contribution in [1.82, 2.24) is 4.90 Å². The zero-order valence-corrected chi connectivity index (χ0v) is 19.1. The molecule has 8 heteroatoms. The first-order chi connectivity index (χ1) is 14.4. The minimum absolute atomic E-state index is 0.290. The SMILES string of the molecule is CC(C)(C)OC(=O)N1[C@@H](c2ccc(NC(=O)Nc3ccc(Cl)cc3)cc2)COC1(C)C. The highest BCUT2D eigenvalue weighted by Crippen LogP contribution is 2.38. The fraction of sp³-hybridized carbons (Fsp3) is 0.391. The van der Waals surface area contributed by atoms with Gasteiger partial charge >= 0.3 is 12.1 Å². The third kappa shape index (κ3) is 5.89. The van der Waals surface area contributed by atoms with Gasteiger partial charge < -0.3 is 20.1 Å². The Bertz CT molecular complexity index is 937. The topological polar surface area (TPSA) is 79.9 Å². The molecule has 0 radical (unpaired) electrons. The number of ether oxygens (including phenoxy) is 2. The predicted molar refractivity (Wildman–Crippen MR) is 121 cm³/mol. The molecule has 0 aromatic heterocycles. The second kappa shape index (κ2) is 8.77. The molecule has 3 amide bonds. The Balaban J connectivity index is 1.68. The Labute approximate surface area is 187 Å². The van der Waals surface area contributed by atoms with Crippen LogP contribution in [0.15, 0.2) is 48.5 Å². The van der Waals surface area contributed by atoms with Crippen LogP contribution in [-0.4, -0.2) is 35.0 Å². The van der Waals surface area contributed by atoms with E-state index < -0.39 is 17.4 Å². The molecule has 1 saturated heterocycles. The Morgan fingerprint density at radius 3 is 2.06 bits per heavy atom. The van der Waals surface area contributed by atoms with E-state index in [0.29, 0.717) is 23.0 Å². The maximum Gasteiger partial charge on any atom is 0.413 e. The highest BCUT2D eigenvalue weighted by molar-refractivity contribution is 6.30. The van der Waals surface area contributed by atoms with Gasteiger partial charge in [0, 0.05) is 16.4 Å². The molecule has 1 fully saturated rings. The lowest BCUT2D eigenvalue weighted by molar-refractivity contribution is -0.0626. The summed E-state index contributed by atoms with van der Waals surface area (Å²) < 4.78 is 11.4. The molecule has 0 saturated carbocycles. The average molecular weight is 446 g/mol. The van der Waals surface area contributed by atoms with E-state index in [1.54, 1.807) is 41.3 Å². The zero-order chi connectivity index (χ0) is 22.8. The number of nitrogens with one attached hydrogen (secondary N) is 2. The van der Waals surface area contributed by atoms with E-state index in [2.05, 4.69) is 10.6 Å². The van der Waals surface area contributed by atoms with E-state index >= 15 is 0 Å². The van der Waals surface area contributed by atoms with Crippen LogP contribution in [-0.2, 0) is 9.47 Å². The van der Waals surface area contributed by atoms with Crippen molar-refractivity contribution >= 4 is 35.1 Å². The molecule has 0 aliphatic carbocycles. The van der Waals surface area contributed by atoms with Gasteiger partial charge in [0.1, 0.15) is 11.3 Å². The number of halogens is 1. The second-order valence-corrected chi connectivity index (χ2v) is 9.27. The number of rotatable bonds is 3. The van der Waals surface area contributed by atoms with E-state index in [-0.39, 0.29) is 12.1 Å². The molecule has 2 aromatic carbocycles. The number of nitrogens with zero attached hydrogens (tertiary/aromatic N) is 1. The number of hydrogen-bond donors (Lipinski definition) is 2. The highest BCUT2D eigenvalue weighted by Gasteiger charge is 2.46. The monoisotopic (exact) mass is 445 g/mol. The molecule has 0 bridgehead atoms. The predicted octanol–water partition coefficient (Wildman–Crippen LogP) is 6.03. The molecular formula is C23H28ClN3O4. The molecule has 7 nitrogen and oxygen atoms in total. The Kier molecular flexibility index (Phi) is 6.48. The zero-order valence-electron chi connectivity index (χ0n) is 18.4. The van der Waals surface area contributed by atoms with Gasteiger partial charge in [0.25, 0.3) is 0 Å². The summed E-state index contributed by atoms with van der Waals surface area (Å²) in [4.78, 5) is 26.7. The van der Waals surface area contributed by atoms with Crippen molar-refractivity contribution < 1.29 is 19.1 Å². The van der Waals surface area contributed by atoms with Crippen LogP contribution >= 0.6 is 11.6 Å². The van der Waals surface area contributed by atoms with Crippen molar-refractivity contribution in [3.8, 4) is 0 Å². The van der Waals surface area contributed by atoms with Gasteiger partial charge in [-0.25, -0.2) is 9.59 Å². The number of carbonyl (C=O) groups excluding carboxylic acids is 2. The van der Waals surface area contributed by atoms with Gasteiger partial charge in [0.05, 0.1) is 12.6 Å². The molecule has 0 unspecified atom stereocenters. The summed E-state index contributed by atoms with van der Waals surface area (Å²) in [5.41, 5.74) is 0.752. The van der Waals surface area contributed by atoms with Crippen LogP contribution in [0.2, 0.25) is 5.02 Å². The molecule has 1 atom stereocenters. The van der Waals surface area contributed by atoms with Crippen LogP contribution < -0.4 is 10.6 Å². The van der Waals surface area contributed by atoms with E-state index in [1.165, 1.54) is 0 Å². The molecule has 1 heterocycles. The first kappa shape index (κ1) is 22.9. The maximum atomic E-state index is 12.8. The van der Waals surface area contributed by atoms with Crippen LogP contribution in [0, 0.1) is 0 Å². The molecule has 0 spiro atoms. The fourth-order valence-corrected chi connectivity index (χ4v) is 3.45. The third-order valence-electron chi connectivity index (χ3n) is 4.73. The molecule has 2 N–H and O–H groups in total. The number of anilines is 2. The molecule has 1 aliphatic heterocycles. The van der Waals surface area contributed by atoms with Crippen molar-refractivity contribution in [3.05, 3.63) is 59.1 Å². The quantitative estimate of drug-likeness (QED) is 0.604. The lowest BCUT2D eigenvalue weighted by atomic mass is 10.1. The number of urea groups is 1. The summed E-state index contributed by atoms with van der Waals surface area (Å²) in [5.74, 6) is 0. The number of hydrogen-bond acceptors (Lipinski definition) is 4. The van der Waals surface area contributed by atoms with Gasteiger partial charge in [0.2, 0.25) is 0 Å². The minimum Gasteiger partial charge on any atom is -0.444 e. The van der Waals surface area contributed by atoms with Gasteiger partial charge in [-0.05, 0) is 76.6 Å². The van der Waals surface area contributed by atoms with Crippen LogP contribution in [0.4, 0.5) is 21.0 Å². The van der Waals surface area contributed by atoms with E-state index in [4.69, 9.17) is 21.1 Å². The van der Waals surface area contributed by atoms with Crippen LogP contribution in [0.5, 0.6) is 0 Å². The minimum atomic E-state index is -0.789.